The van der Waals surface area contributed by atoms with E-state index in [4.69, 9.17) is 10.00 Å². The minimum Gasteiger partial charge on any atom is -0.486 e. The molecule has 0 heterocycles. The molecular formula is C12H10BrFN2O3. The van der Waals surface area contributed by atoms with E-state index >= 15 is 0 Å². The van der Waals surface area contributed by atoms with Crippen LogP contribution in [0, 0.1) is 32.7 Å². The fraction of sp³-hybridized carbons (Fsp3) is 0.417. The molecule has 0 aromatic heterocycles. The number of hydrogen-bond acceptors (Lipinski definition) is 4. The molecule has 1 aromatic carbocycles. The van der Waals surface area contributed by atoms with Crippen LogP contribution in [-0.2, 0) is 0 Å². The quantitative estimate of drug-likeness (QED) is 0.611. The van der Waals surface area contributed by atoms with E-state index in [0.29, 0.717) is 6.42 Å². The van der Waals surface area contributed by atoms with Crippen molar-refractivity contribution in [3.8, 4) is 11.8 Å². The van der Waals surface area contributed by atoms with E-state index in [1.54, 1.807) is 0 Å². The number of benzene rings is 1. The summed E-state index contributed by atoms with van der Waals surface area (Å²) in [5.74, 6) is -0.722. The van der Waals surface area contributed by atoms with Crippen molar-refractivity contribution in [1.29, 1.82) is 5.26 Å². The molecule has 1 aliphatic carbocycles. The first-order valence-corrected chi connectivity index (χ1v) is 6.40. The standard InChI is InChI=1S/C12H10BrFN2O3/c13-8-5-10(16(17)18)11(6-9(8)14)19-7-12(1-2-12)3-4-15/h5-6H,1-3,7H2. The highest BCUT2D eigenvalue weighted by molar-refractivity contribution is 9.10. The molecule has 1 aliphatic rings. The molecule has 5 nitrogen and oxygen atoms in total. The smallest absolute Gasteiger partial charge is 0.312 e. The third-order valence-corrected chi connectivity index (χ3v) is 3.75. The second-order valence-corrected chi connectivity index (χ2v) is 5.47. The SMILES string of the molecule is N#CCC1(COc2cc(F)c(Br)cc2[N+](=O)[O-])CC1. The summed E-state index contributed by atoms with van der Waals surface area (Å²) in [6.07, 6.45) is 2.06. The van der Waals surface area contributed by atoms with Gasteiger partial charge in [0.05, 0.1) is 22.1 Å². The van der Waals surface area contributed by atoms with Crippen molar-refractivity contribution in [3.63, 3.8) is 0 Å². The molecule has 100 valence electrons. The number of rotatable bonds is 5. The molecule has 0 bridgehead atoms. The average Bonchev–Trinajstić information content (AvgIpc) is 3.11. The van der Waals surface area contributed by atoms with Gasteiger partial charge >= 0.3 is 5.69 Å². The molecule has 0 amide bonds. The highest BCUT2D eigenvalue weighted by atomic mass is 79.9. The summed E-state index contributed by atoms with van der Waals surface area (Å²) in [7, 11) is 0. The zero-order valence-electron chi connectivity index (χ0n) is 9.86. The predicted octanol–water partition coefficient (Wildman–Crippen LogP) is 3.57. The van der Waals surface area contributed by atoms with Crippen LogP contribution in [-0.4, -0.2) is 11.5 Å². The van der Waals surface area contributed by atoms with Crippen LogP contribution in [0.3, 0.4) is 0 Å². The van der Waals surface area contributed by atoms with Crippen molar-refractivity contribution in [2.24, 2.45) is 5.41 Å². The zero-order chi connectivity index (χ0) is 14.0. The molecule has 2 rings (SSSR count). The first-order valence-electron chi connectivity index (χ1n) is 5.61. The highest BCUT2D eigenvalue weighted by Crippen LogP contribution is 2.49. The first kappa shape index (κ1) is 13.7. The van der Waals surface area contributed by atoms with Crippen molar-refractivity contribution in [3.05, 3.63) is 32.5 Å². The third kappa shape index (κ3) is 3.01. The lowest BCUT2D eigenvalue weighted by Gasteiger charge is -2.13. The Morgan fingerprint density at radius 2 is 2.26 bits per heavy atom. The summed E-state index contributed by atoms with van der Waals surface area (Å²) in [6.45, 7) is 0.197. The number of nitro benzene ring substituents is 1. The Balaban J connectivity index is 2.18. The summed E-state index contributed by atoms with van der Waals surface area (Å²) >= 11 is 2.90. The van der Waals surface area contributed by atoms with E-state index in [9.17, 15) is 14.5 Å². The monoisotopic (exact) mass is 328 g/mol. The van der Waals surface area contributed by atoms with Crippen LogP contribution in [0.25, 0.3) is 0 Å². The normalized spacial score (nSPS) is 15.6. The summed E-state index contributed by atoms with van der Waals surface area (Å²) in [6, 6.07) is 4.14. The van der Waals surface area contributed by atoms with Gasteiger partial charge in [-0.15, -0.1) is 0 Å². The summed E-state index contributed by atoms with van der Waals surface area (Å²) in [4.78, 5) is 10.3. The molecule has 0 saturated heterocycles. The highest BCUT2D eigenvalue weighted by Gasteiger charge is 2.43. The van der Waals surface area contributed by atoms with Gasteiger partial charge in [-0.3, -0.25) is 10.1 Å². The van der Waals surface area contributed by atoms with Crippen molar-refractivity contribution >= 4 is 21.6 Å². The number of nitriles is 1. The first-order chi connectivity index (χ1) is 8.97. The van der Waals surface area contributed by atoms with Gasteiger partial charge in [-0.25, -0.2) is 4.39 Å². The molecule has 1 fully saturated rings. The van der Waals surface area contributed by atoms with E-state index in [1.807, 2.05) is 0 Å². The van der Waals surface area contributed by atoms with Crippen LogP contribution >= 0.6 is 15.9 Å². The molecule has 0 atom stereocenters. The number of halogens is 2. The molecule has 19 heavy (non-hydrogen) atoms. The fourth-order valence-corrected chi connectivity index (χ4v) is 2.06. The molecule has 1 aromatic rings. The molecule has 0 unspecified atom stereocenters. The number of hydrogen-bond donors (Lipinski definition) is 0. The summed E-state index contributed by atoms with van der Waals surface area (Å²) < 4.78 is 18.8. The lowest BCUT2D eigenvalue weighted by atomic mass is 10.1. The van der Waals surface area contributed by atoms with Crippen molar-refractivity contribution in [2.45, 2.75) is 19.3 Å². The van der Waals surface area contributed by atoms with Crippen LogP contribution in [0.5, 0.6) is 5.75 Å². The third-order valence-electron chi connectivity index (χ3n) is 3.14. The Hall–Kier alpha value is -1.68. The number of nitrogens with zero attached hydrogens (tertiary/aromatic N) is 2. The van der Waals surface area contributed by atoms with E-state index in [0.717, 1.165) is 25.0 Å². The van der Waals surface area contributed by atoms with Gasteiger partial charge in [0.2, 0.25) is 0 Å². The van der Waals surface area contributed by atoms with Crippen LogP contribution < -0.4 is 4.74 Å². The summed E-state index contributed by atoms with van der Waals surface area (Å²) in [5, 5.41) is 19.6. The van der Waals surface area contributed by atoms with Crippen LogP contribution in [0.15, 0.2) is 16.6 Å². The molecule has 0 spiro atoms. The largest absolute Gasteiger partial charge is 0.486 e. The van der Waals surface area contributed by atoms with Gasteiger partial charge in [0.15, 0.2) is 5.75 Å². The Labute approximate surface area is 117 Å². The maximum absolute atomic E-state index is 13.4. The van der Waals surface area contributed by atoms with Gasteiger partial charge in [-0.1, -0.05) is 0 Å². The van der Waals surface area contributed by atoms with E-state index in [2.05, 4.69) is 22.0 Å². The van der Waals surface area contributed by atoms with E-state index in [-0.39, 0.29) is 27.9 Å². The Bertz CT molecular complexity index is 567. The number of nitro groups is 1. The predicted molar refractivity (Wildman–Crippen MR) is 68.1 cm³/mol. The van der Waals surface area contributed by atoms with Crippen LogP contribution in [0.2, 0.25) is 0 Å². The number of ether oxygens (including phenoxy) is 1. The van der Waals surface area contributed by atoms with Gasteiger partial charge in [-0.2, -0.15) is 5.26 Å². The van der Waals surface area contributed by atoms with Crippen LogP contribution in [0.4, 0.5) is 10.1 Å². The molecule has 7 heteroatoms. The lowest BCUT2D eigenvalue weighted by molar-refractivity contribution is -0.386. The van der Waals surface area contributed by atoms with Gasteiger partial charge < -0.3 is 4.74 Å². The zero-order valence-corrected chi connectivity index (χ0v) is 11.4. The molecule has 0 radical (unpaired) electrons. The Kier molecular flexibility index (Phi) is 3.71. The second-order valence-electron chi connectivity index (χ2n) is 4.61. The molecule has 0 aliphatic heterocycles. The second kappa shape index (κ2) is 5.13. The van der Waals surface area contributed by atoms with Crippen LogP contribution in [0.1, 0.15) is 19.3 Å². The fourth-order valence-electron chi connectivity index (χ4n) is 1.72. The maximum atomic E-state index is 13.4. The average molecular weight is 329 g/mol. The van der Waals surface area contributed by atoms with Crippen molar-refractivity contribution in [1.82, 2.24) is 0 Å². The van der Waals surface area contributed by atoms with Gasteiger partial charge in [0, 0.05) is 24.0 Å². The molecular weight excluding hydrogens is 319 g/mol. The van der Waals surface area contributed by atoms with E-state index < -0.39 is 10.7 Å². The van der Waals surface area contributed by atoms with Crippen molar-refractivity contribution < 1.29 is 14.1 Å². The summed E-state index contributed by atoms with van der Waals surface area (Å²) in [5.41, 5.74) is -0.507. The van der Waals surface area contributed by atoms with Crippen molar-refractivity contribution in [2.75, 3.05) is 6.61 Å². The minimum absolute atomic E-state index is 0.0183. The maximum Gasteiger partial charge on any atom is 0.312 e. The topological polar surface area (TPSA) is 76.2 Å². The van der Waals surface area contributed by atoms with Gasteiger partial charge in [-0.05, 0) is 28.8 Å². The molecule has 0 N–H and O–H groups in total. The Morgan fingerprint density at radius 1 is 1.58 bits per heavy atom. The lowest BCUT2D eigenvalue weighted by Crippen LogP contribution is -2.13. The Morgan fingerprint density at radius 3 is 2.79 bits per heavy atom. The van der Waals surface area contributed by atoms with Gasteiger partial charge in [0.1, 0.15) is 5.82 Å². The van der Waals surface area contributed by atoms with E-state index in [1.165, 1.54) is 0 Å². The van der Waals surface area contributed by atoms with Gasteiger partial charge in [0.25, 0.3) is 0 Å². The minimum atomic E-state index is -0.622. The molecule has 1 saturated carbocycles.